The van der Waals surface area contributed by atoms with Crippen LogP contribution in [0.25, 0.3) is 10.8 Å². The van der Waals surface area contributed by atoms with Crippen molar-refractivity contribution in [2.24, 2.45) is 0 Å². The summed E-state index contributed by atoms with van der Waals surface area (Å²) in [6, 6.07) is 5.81. The van der Waals surface area contributed by atoms with Gasteiger partial charge in [-0.05, 0) is 79.9 Å². The molecule has 0 spiro atoms. The van der Waals surface area contributed by atoms with Gasteiger partial charge in [0.2, 0.25) is 0 Å². The molecule has 0 bridgehead atoms. The standard InChI is InChI=1S/C21H26BrN3O3/c1-21(2,3)28-20(27)25-16-8-6-15(7-9-16)24-19(26)13-4-5-14-11-23-12-18(22)17(14)10-13/h4-5,10-12,15-16H,6-9H2,1-3H3,(H,24,26)(H,25,27). The van der Waals surface area contributed by atoms with E-state index in [-0.39, 0.29) is 24.1 Å². The van der Waals surface area contributed by atoms with Crippen LogP contribution < -0.4 is 10.6 Å². The molecular weight excluding hydrogens is 422 g/mol. The highest BCUT2D eigenvalue weighted by atomic mass is 79.9. The van der Waals surface area contributed by atoms with E-state index >= 15 is 0 Å². The first-order chi connectivity index (χ1) is 13.2. The van der Waals surface area contributed by atoms with Gasteiger partial charge >= 0.3 is 6.09 Å². The Morgan fingerprint density at radius 3 is 2.36 bits per heavy atom. The number of nitrogens with zero attached hydrogens (tertiary/aromatic N) is 1. The number of ether oxygens (including phenoxy) is 1. The van der Waals surface area contributed by atoms with E-state index in [1.807, 2.05) is 39.0 Å². The zero-order valence-electron chi connectivity index (χ0n) is 16.4. The molecule has 0 saturated heterocycles. The van der Waals surface area contributed by atoms with Crippen molar-refractivity contribution in [2.45, 2.75) is 64.1 Å². The van der Waals surface area contributed by atoms with Crippen LogP contribution in [-0.2, 0) is 4.74 Å². The van der Waals surface area contributed by atoms with Crippen molar-refractivity contribution in [3.05, 3.63) is 40.6 Å². The number of rotatable bonds is 3. The van der Waals surface area contributed by atoms with Crippen LogP contribution in [0.2, 0.25) is 0 Å². The van der Waals surface area contributed by atoms with E-state index in [9.17, 15) is 9.59 Å². The Morgan fingerprint density at radius 2 is 1.71 bits per heavy atom. The first-order valence-corrected chi connectivity index (χ1v) is 10.3. The van der Waals surface area contributed by atoms with Gasteiger partial charge in [0.15, 0.2) is 0 Å². The quantitative estimate of drug-likeness (QED) is 0.722. The highest BCUT2D eigenvalue weighted by Crippen LogP contribution is 2.24. The first-order valence-electron chi connectivity index (χ1n) is 9.55. The smallest absolute Gasteiger partial charge is 0.407 e. The minimum Gasteiger partial charge on any atom is -0.444 e. The lowest BCUT2D eigenvalue weighted by Gasteiger charge is -2.30. The van der Waals surface area contributed by atoms with E-state index in [1.165, 1.54) is 0 Å². The molecule has 28 heavy (non-hydrogen) atoms. The second kappa shape index (κ2) is 8.47. The maximum atomic E-state index is 12.7. The molecule has 0 radical (unpaired) electrons. The van der Waals surface area contributed by atoms with Crippen LogP contribution in [-0.4, -0.2) is 34.7 Å². The van der Waals surface area contributed by atoms with Crippen molar-refractivity contribution in [2.75, 3.05) is 0 Å². The number of fused-ring (bicyclic) bond motifs is 1. The van der Waals surface area contributed by atoms with Crippen LogP contribution in [0.15, 0.2) is 35.1 Å². The first kappa shape index (κ1) is 20.6. The molecule has 1 aromatic carbocycles. The Morgan fingerprint density at radius 1 is 1.07 bits per heavy atom. The predicted molar refractivity (Wildman–Crippen MR) is 112 cm³/mol. The minimum atomic E-state index is -0.500. The van der Waals surface area contributed by atoms with Crippen LogP contribution in [0.4, 0.5) is 4.79 Å². The average molecular weight is 448 g/mol. The molecule has 0 aliphatic heterocycles. The Hall–Kier alpha value is -2.15. The van der Waals surface area contributed by atoms with E-state index in [4.69, 9.17) is 4.74 Å². The third-order valence-electron chi connectivity index (χ3n) is 4.76. The minimum absolute atomic E-state index is 0.0748. The molecule has 1 heterocycles. The summed E-state index contributed by atoms with van der Waals surface area (Å²) in [5.74, 6) is -0.0748. The highest BCUT2D eigenvalue weighted by molar-refractivity contribution is 9.10. The molecule has 2 aromatic rings. The van der Waals surface area contributed by atoms with Gasteiger partial charge in [-0.2, -0.15) is 0 Å². The number of carbonyl (C=O) groups is 2. The Balaban J connectivity index is 1.53. The van der Waals surface area contributed by atoms with E-state index < -0.39 is 5.60 Å². The molecule has 1 saturated carbocycles. The van der Waals surface area contributed by atoms with Gasteiger partial charge < -0.3 is 15.4 Å². The summed E-state index contributed by atoms with van der Waals surface area (Å²) in [7, 11) is 0. The molecule has 1 aliphatic carbocycles. The summed E-state index contributed by atoms with van der Waals surface area (Å²) in [4.78, 5) is 28.7. The average Bonchev–Trinajstić information content (AvgIpc) is 2.62. The number of benzene rings is 1. The third kappa shape index (κ3) is 5.44. The highest BCUT2D eigenvalue weighted by Gasteiger charge is 2.25. The van der Waals surface area contributed by atoms with Crippen LogP contribution >= 0.6 is 15.9 Å². The van der Waals surface area contributed by atoms with Gasteiger partial charge in [0, 0.05) is 39.9 Å². The number of pyridine rings is 1. The fourth-order valence-electron chi connectivity index (χ4n) is 3.39. The Labute approximate surface area is 173 Å². The fourth-order valence-corrected chi connectivity index (χ4v) is 3.86. The lowest BCUT2D eigenvalue weighted by Crippen LogP contribution is -2.45. The van der Waals surface area contributed by atoms with E-state index in [1.54, 1.807) is 12.4 Å². The number of nitrogens with one attached hydrogen (secondary N) is 2. The number of amides is 2. The van der Waals surface area contributed by atoms with Gasteiger partial charge in [0.25, 0.3) is 5.91 Å². The van der Waals surface area contributed by atoms with Crippen LogP contribution in [0.5, 0.6) is 0 Å². The van der Waals surface area contributed by atoms with Gasteiger partial charge in [-0.1, -0.05) is 6.07 Å². The molecule has 1 fully saturated rings. The van der Waals surface area contributed by atoms with Crippen molar-refractivity contribution in [3.63, 3.8) is 0 Å². The number of hydrogen-bond donors (Lipinski definition) is 2. The summed E-state index contributed by atoms with van der Waals surface area (Å²) in [6.07, 6.45) is 6.42. The molecule has 6 nitrogen and oxygen atoms in total. The summed E-state index contributed by atoms with van der Waals surface area (Å²) in [5, 5.41) is 7.99. The SMILES string of the molecule is CC(C)(C)OC(=O)NC1CCC(NC(=O)c2ccc3cncc(Br)c3c2)CC1. The van der Waals surface area contributed by atoms with Gasteiger partial charge in [0.05, 0.1) is 0 Å². The maximum Gasteiger partial charge on any atom is 0.407 e. The molecule has 150 valence electrons. The molecule has 0 unspecified atom stereocenters. The number of alkyl carbamates (subject to hydrolysis) is 1. The monoisotopic (exact) mass is 447 g/mol. The van der Waals surface area contributed by atoms with Crippen LogP contribution in [0.1, 0.15) is 56.8 Å². The van der Waals surface area contributed by atoms with Gasteiger partial charge in [-0.3, -0.25) is 9.78 Å². The Bertz CT molecular complexity index is 871. The largest absolute Gasteiger partial charge is 0.444 e. The summed E-state index contributed by atoms with van der Waals surface area (Å²) < 4.78 is 6.18. The van der Waals surface area contributed by atoms with E-state index in [0.717, 1.165) is 40.9 Å². The zero-order valence-corrected chi connectivity index (χ0v) is 18.0. The van der Waals surface area contributed by atoms with Crippen molar-refractivity contribution in [3.8, 4) is 0 Å². The predicted octanol–water partition coefficient (Wildman–Crippen LogP) is 4.56. The Kier molecular flexibility index (Phi) is 6.23. The summed E-state index contributed by atoms with van der Waals surface area (Å²) in [6.45, 7) is 5.54. The van der Waals surface area contributed by atoms with Crippen LogP contribution in [0.3, 0.4) is 0 Å². The summed E-state index contributed by atoms with van der Waals surface area (Å²) >= 11 is 3.48. The normalized spacial score (nSPS) is 19.9. The molecule has 3 rings (SSSR count). The number of hydrogen-bond acceptors (Lipinski definition) is 4. The van der Waals surface area contributed by atoms with Crippen molar-refractivity contribution in [1.82, 2.24) is 15.6 Å². The fraction of sp³-hybridized carbons (Fsp3) is 0.476. The van der Waals surface area contributed by atoms with Gasteiger partial charge in [-0.25, -0.2) is 4.79 Å². The number of aromatic nitrogens is 1. The second-order valence-electron chi connectivity index (χ2n) is 8.23. The zero-order chi connectivity index (χ0) is 20.3. The lowest BCUT2D eigenvalue weighted by molar-refractivity contribution is 0.0488. The van der Waals surface area contributed by atoms with Gasteiger partial charge in [0.1, 0.15) is 5.60 Å². The molecular formula is C21H26BrN3O3. The molecule has 0 atom stereocenters. The van der Waals surface area contributed by atoms with Gasteiger partial charge in [-0.15, -0.1) is 0 Å². The molecule has 7 heteroatoms. The molecule has 1 aromatic heterocycles. The number of halogens is 1. The van der Waals surface area contributed by atoms with E-state index in [0.29, 0.717) is 5.56 Å². The second-order valence-corrected chi connectivity index (χ2v) is 9.08. The third-order valence-corrected chi connectivity index (χ3v) is 5.39. The van der Waals surface area contributed by atoms with Crippen LogP contribution in [0, 0.1) is 0 Å². The summed E-state index contributed by atoms with van der Waals surface area (Å²) in [5.41, 5.74) is 0.133. The van der Waals surface area contributed by atoms with Crippen molar-refractivity contribution in [1.29, 1.82) is 0 Å². The lowest BCUT2D eigenvalue weighted by atomic mass is 9.91. The van der Waals surface area contributed by atoms with Crippen molar-refractivity contribution < 1.29 is 14.3 Å². The topological polar surface area (TPSA) is 80.3 Å². The molecule has 1 aliphatic rings. The van der Waals surface area contributed by atoms with Crippen molar-refractivity contribution >= 4 is 38.7 Å². The molecule has 2 amide bonds. The maximum absolute atomic E-state index is 12.7. The molecule has 2 N–H and O–H groups in total. The number of carbonyl (C=O) groups excluding carboxylic acids is 2. The van der Waals surface area contributed by atoms with E-state index in [2.05, 4.69) is 31.5 Å².